The second-order valence-corrected chi connectivity index (χ2v) is 8.28. The van der Waals surface area contributed by atoms with Gasteiger partial charge in [-0.15, -0.1) is 0 Å². The summed E-state index contributed by atoms with van der Waals surface area (Å²) in [5, 5.41) is 11.3. The van der Waals surface area contributed by atoms with Gasteiger partial charge in [-0.3, -0.25) is 14.6 Å². The number of likely N-dealkylation sites (tertiary alicyclic amines) is 1. The van der Waals surface area contributed by atoms with Gasteiger partial charge in [-0.25, -0.2) is 4.79 Å². The minimum Gasteiger partial charge on any atom is -0.507 e. The lowest BCUT2D eigenvalue weighted by atomic mass is 9.94. The Hall–Kier alpha value is -3.46. The normalized spacial score (nSPS) is 17.8. The van der Waals surface area contributed by atoms with Gasteiger partial charge in [-0.2, -0.15) is 0 Å². The van der Waals surface area contributed by atoms with Gasteiger partial charge in [0.2, 0.25) is 0 Å². The van der Waals surface area contributed by atoms with E-state index in [0.29, 0.717) is 35.3 Å². The molecule has 1 amide bonds. The van der Waals surface area contributed by atoms with Gasteiger partial charge in [0, 0.05) is 30.2 Å². The van der Waals surface area contributed by atoms with Crippen LogP contribution in [0.4, 0.5) is 0 Å². The van der Waals surface area contributed by atoms with Gasteiger partial charge in [-0.1, -0.05) is 0 Å². The second kappa shape index (κ2) is 9.99. The van der Waals surface area contributed by atoms with Crippen molar-refractivity contribution in [1.82, 2.24) is 19.8 Å². The minimum absolute atomic E-state index is 0.00309. The maximum absolute atomic E-state index is 13.1. The number of aryl methyl sites for hydroxylation is 1. The molecular formula is C24H30N4O5. The van der Waals surface area contributed by atoms with Crippen molar-refractivity contribution in [3.63, 3.8) is 0 Å². The van der Waals surface area contributed by atoms with E-state index in [2.05, 4.69) is 9.97 Å². The second-order valence-electron chi connectivity index (χ2n) is 8.28. The van der Waals surface area contributed by atoms with E-state index < -0.39 is 23.7 Å². The zero-order chi connectivity index (χ0) is 24.3. The number of nitrogens with zero attached hydrogens (tertiary/aromatic N) is 3. The molecule has 0 saturated carbocycles. The van der Waals surface area contributed by atoms with E-state index in [4.69, 9.17) is 4.74 Å². The predicted molar refractivity (Wildman–Crippen MR) is 123 cm³/mol. The average Bonchev–Trinajstić information content (AvgIpc) is 3.21. The number of Topliss-reactive ketones (excluding diaryl/α,β-unsaturated/α-hetero) is 1. The van der Waals surface area contributed by atoms with Crippen molar-refractivity contribution >= 4 is 23.4 Å². The summed E-state index contributed by atoms with van der Waals surface area (Å²) in [6, 6.07) is 2.70. The average molecular weight is 455 g/mol. The van der Waals surface area contributed by atoms with Gasteiger partial charge in [0.05, 0.1) is 18.2 Å². The highest BCUT2D eigenvalue weighted by atomic mass is 16.5. The van der Waals surface area contributed by atoms with E-state index in [1.54, 1.807) is 45.3 Å². The summed E-state index contributed by atoms with van der Waals surface area (Å²) >= 11 is 0. The molecule has 2 N–H and O–H groups in total. The Morgan fingerprint density at radius 3 is 2.52 bits per heavy atom. The number of esters is 1. The molecule has 9 heteroatoms. The number of aromatic nitrogens is 2. The monoisotopic (exact) mass is 454 g/mol. The molecule has 0 radical (unpaired) electrons. The van der Waals surface area contributed by atoms with Crippen molar-refractivity contribution in [3.8, 4) is 0 Å². The number of aliphatic hydroxyl groups excluding tert-OH is 1. The molecule has 3 heterocycles. The van der Waals surface area contributed by atoms with Crippen molar-refractivity contribution in [2.75, 3.05) is 33.8 Å². The van der Waals surface area contributed by atoms with Gasteiger partial charge in [-0.05, 0) is 71.1 Å². The fourth-order valence-corrected chi connectivity index (χ4v) is 4.21. The van der Waals surface area contributed by atoms with Crippen LogP contribution in [0.15, 0.2) is 30.1 Å². The largest absolute Gasteiger partial charge is 0.507 e. The number of ketones is 1. The Kier molecular flexibility index (Phi) is 7.33. The van der Waals surface area contributed by atoms with Crippen LogP contribution in [0.5, 0.6) is 0 Å². The molecule has 9 nitrogen and oxygen atoms in total. The minimum atomic E-state index is -0.755. The van der Waals surface area contributed by atoms with E-state index in [1.807, 2.05) is 19.0 Å². The van der Waals surface area contributed by atoms with Gasteiger partial charge in [0.1, 0.15) is 11.5 Å². The lowest BCUT2D eigenvalue weighted by Crippen LogP contribution is -2.32. The van der Waals surface area contributed by atoms with Crippen LogP contribution in [-0.2, 0) is 14.3 Å². The summed E-state index contributed by atoms with van der Waals surface area (Å²) in [7, 11) is 3.88. The van der Waals surface area contributed by atoms with Gasteiger partial charge < -0.3 is 24.6 Å². The first kappa shape index (κ1) is 24.2. The predicted octanol–water partition coefficient (Wildman–Crippen LogP) is 2.58. The maximum Gasteiger partial charge on any atom is 0.355 e. The third-order valence-corrected chi connectivity index (χ3v) is 5.72. The lowest BCUT2D eigenvalue weighted by Gasteiger charge is -2.25. The molecule has 0 aromatic carbocycles. The number of aliphatic hydroxyl groups is 1. The topological polar surface area (TPSA) is 116 Å². The van der Waals surface area contributed by atoms with Crippen LogP contribution in [0, 0.1) is 13.8 Å². The quantitative estimate of drug-likeness (QED) is 0.273. The third kappa shape index (κ3) is 4.68. The van der Waals surface area contributed by atoms with E-state index >= 15 is 0 Å². The Morgan fingerprint density at radius 1 is 1.24 bits per heavy atom. The zero-order valence-electron chi connectivity index (χ0n) is 19.6. The molecule has 3 rings (SSSR count). The standard InChI is InChI=1S/C24H30N4O5/c1-6-33-24(32)19-14(2)17(15(3)26-19)21(29)18-20(16-8-10-25-11-9-16)28(23(31)22(18)30)13-7-12-27(4)5/h8-11,20,26,29H,6-7,12-13H2,1-5H3/b21-18+/t20-/m0/s1. The van der Waals surface area contributed by atoms with E-state index in [-0.39, 0.29) is 23.6 Å². The van der Waals surface area contributed by atoms with Gasteiger partial charge in [0.25, 0.3) is 11.7 Å². The molecule has 0 bridgehead atoms. The van der Waals surface area contributed by atoms with Gasteiger partial charge >= 0.3 is 5.97 Å². The maximum atomic E-state index is 13.1. The fraction of sp³-hybridized carbons (Fsp3) is 0.417. The molecule has 0 spiro atoms. The van der Waals surface area contributed by atoms with Crippen LogP contribution >= 0.6 is 0 Å². The number of hydrogen-bond acceptors (Lipinski definition) is 7. The Morgan fingerprint density at radius 2 is 1.91 bits per heavy atom. The summed E-state index contributed by atoms with van der Waals surface area (Å²) in [5.41, 5.74) is 2.15. The lowest BCUT2D eigenvalue weighted by molar-refractivity contribution is -0.139. The van der Waals surface area contributed by atoms with E-state index in [0.717, 1.165) is 6.54 Å². The number of amides is 1. The first-order valence-electron chi connectivity index (χ1n) is 10.9. The Bertz CT molecular complexity index is 1090. The molecule has 0 unspecified atom stereocenters. The molecule has 2 aromatic rings. The highest BCUT2D eigenvalue weighted by Gasteiger charge is 2.46. The van der Waals surface area contributed by atoms with Crippen LogP contribution in [0.25, 0.3) is 5.76 Å². The molecule has 1 aliphatic rings. The van der Waals surface area contributed by atoms with Crippen LogP contribution in [0.2, 0.25) is 0 Å². The Labute approximate surface area is 193 Å². The highest BCUT2D eigenvalue weighted by Crippen LogP contribution is 2.40. The van der Waals surface area contributed by atoms with Crippen molar-refractivity contribution in [1.29, 1.82) is 0 Å². The highest BCUT2D eigenvalue weighted by molar-refractivity contribution is 6.46. The van der Waals surface area contributed by atoms with Crippen LogP contribution in [-0.4, -0.2) is 76.3 Å². The number of carbonyl (C=O) groups is 3. The van der Waals surface area contributed by atoms with Crippen LogP contribution < -0.4 is 0 Å². The molecule has 1 aliphatic heterocycles. The van der Waals surface area contributed by atoms with Crippen molar-refractivity contribution in [2.45, 2.75) is 33.2 Å². The van der Waals surface area contributed by atoms with Crippen molar-refractivity contribution < 1.29 is 24.2 Å². The number of nitrogens with one attached hydrogen (secondary N) is 1. The smallest absolute Gasteiger partial charge is 0.355 e. The third-order valence-electron chi connectivity index (χ3n) is 5.72. The molecule has 2 aromatic heterocycles. The van der Waals surface area contributed by atoms with Crippen LogP contribution in [0.1, 0.15) is 52.3 Å². The first-order valence-corrected chi connectivity index (χ1v) is 10.9. The Balaban J connectivity index is 2.13. The summed E-state index contributed by atoms with van der Waals surface area (Å²) in [6.07, 6.45) is 3.83. The fourth-order valence-electron chi connectivity index (χ4n) is 4.21. The molecule has 1 fully saturated rings. The molecule has 1 atom stereocenters. The summed E-state index contributed by atoms with van der Waals surface area (Å²) in [4.78, 5) is 48.9. The molecular weight excluding hydrogens is 424 g/mol. The number of aromatic amines is 1. The van der Waals surface area contributed by atoms with Crippen molar-refractivity contribution in [2.24, 2.45) is 0 Å². The SMILES string of the molecule is CCOC(=O)c1[nH]c(C)c(/C(O)=C2\C(=O)C(=O)N(CCCN(C)C)[C@H]2c2ccncc2)c1C. The number of rotatable bonds is 8. The first-order chi connectivity index (χ1) is 15.7. The number of hydrogen-bond donors (Lipinski definition) is 2. The van der Waals surface area contributed by atoms with E-state index in [9.17, 15) is 19.5 Å². The summed E-state index contributed by atoms with van der Waals surface area (Å²) < 4.78 is 5.08. The van der Waals surface area contributed by atoms with E-state index in [1.165, 1.54) is 4.90 Å². The number of pyridine rings is 1. The summed E-state index contributed by atoms with van der Waals surface area (Å²) in [5.74, 6) is -2.27. The molecule has 0 aliphatic carbocycles. The number of H-pyrrole nitrogens is 1. The molecule has 33 heavy (non-hydrogen) atoms. The number of ether oxygens (including phenoxy) is 1. The number of carbonyl (C=O) groups excluding carboxylic acids is 3. The van der Waals surface area contributed by atoms with Crippen LogP contribution in [0.3, 0.4) is 0 Å². The molecule has 176 valence electrons. The zero-order valence-corrected chi connectivity index (χ0v) is 19.6. The molecule has 1 saturated heterocycles. The van der Waals surface area contributed by atoms with Gasteiger partial charge in [0.15, 0.2) is 0 Å². The van der Waals surface area contributed by atoms with Crippen molar-refractivity contribution in [3.05, 3.63) is 58.2 Å². The summed E-state index contributed by atoms with van der Waals surface area (Å²) in [6.45, 7) is 6.36.